The van der Waals surface area contributed by atoms with Crippen LogP contribution in [0, 0.1) is 0 Å². The molecule has 0 heterocycles. The van der Waals surface area contributed by atoms with Crippen LogP contribution >= 0.6 is 0 Å². The van der Waals surface area contributed by atoms with E-state index in [4.69, 9.17) is 0 Å². The number of methoxy groups -OCH3 is 1. The fraction of sp³-hybridized carbons (Fsp3) is 0.308. The van der Waals surface area contributed by atoms with E-state index in [1.807, 2.05) is 30.1 Å². The SMILES string of the molecule is COC(=O)C=CN(C)CCc1ccccc1. The van der Waals surface area contributed by atoms with Crippen molar-refractivity contribution in [3.8, 4) is 0 Å². The molecule has 0 aromatic heterocycles. The minimum atomic E-state index is -0.327. The van der Waals surface area contributed by atoms with Crippen LogP contribution in [-0.2, 0) is 16.0 Å². The van der Waals surface area contributed by atoms with E-state index in [1.165, 1.54) is 18.7 Å². The highest BCUT2D eigenvalue weighted by Crippen LogP contribution is 2.00. The van der Waals surface area contributed by atoms with Gasteiger partial charge in [0.1, 0.15) is 0 Å². The predicted molar refractivity (Wildman–Crippen MR) is 63.9 cm³/mol. The van der Waals surface area contributed by atoms with Crippen molar-refractivity contribution < 1.29 is 9.53 Å². The standard InChI is InChI=1S/C13H17NO2/c1-14(11-9-13(15)16-2)10-8-12-6-4-3-5-7-12/h3-7,9,11H,8,10H2,1-2H3. The van der Waals surface area contributed by atoms with Gasteiger partial charge in [0.05, 0.1) is 7.11 Å². The summed E-state index contributed by atoms with van der Waals surface area (Å²) in [6.45, 7) is 0.873. The number of rotatable bonds is 5. The summed E-state index contributed by atoms with van der Waals surface area (Å²) in [5.74, 6) is -0.327. The molecule has 3 heteroatoms. The van der Waals surface area contributed by atoms with Crippen LogP contribution in [0.2, 0.25) is 0 Å². The molecule has 0 aliphatic heterocycles. The van der Waals surface area contributed by atoms with Crippen molar-refractivity contribution in [1.82, 2.24) is 4.90 Å². The maximum Gasteiger partial charge on any atom is 0.331 e. The molecule has 3 nitrogen and oxygen atoms in total. The number of esters is 1. The molecule has 0 unspecified atom stereocenters. The Morgan fingerprint density at radius 2 is 2.06 bits per heavy atom. The van der Waals surface area contributed by atoms with Crippen molar-refractivity contribution in [1.29, 1.82) is 0 Å². The van der Waals surface area contributed by atoms with E-state index < -0.39 is 0 Å². The topological polar surface area (TPSA) is 29.5 Å². The summed E-state index contributed by atoms with van der Waals surface area (Å²) in [4.78, 5) is 12.8. The van der Waals surface area contributed by atoms with Gasteiger partial charge in [0.2, 0.25) is 0 Å². The maximum atomic E-state index is 10.9. The number of nitrogens with zero attached hydrogens (tertiary/aromatic N) is 1. The van der Waals surface area contributed by atoms with Crippen molar-refractivity contribution in [2.75, 3.05) is 20.7 Å². The van der Waals surface area contributed by atoms with Gasteiger partial charge in [-0.25, -0.2) is 4.79 Å². The van der Waals surface area contributed by atoms with Crippen molar-refractivity contribution in [2.45, 2.75) is 6.42 Å². The number of carbonyl (C=O) groups excluding carboxylic acids is 1. The van der Waals surface area contributed by atoms with Crippen molar-refractivity contribution in [2.24, 2.45) is 0 Å². The fourth-order valence-electron chi connectivity index (χ4n) is 1.28. The zero-order chi connectivity index (χ0) is 11.8. The number of hydrogen-bond acceptors (Lipinski definition) is 3. The first-order valence-electron chi connectivity index (χ1n) is 5.22. The minimum absolute atomic E-state index is 0.327. The minimum Gasteiger partial charge on any atom is -0.466 e. The number of carbonyl (C=O) groups is 1. The van der Waals surface area contributed by atoms with Gasteiger partial charge in [0, 0.05) is 25.9 Å². The molecule has 0 N–H and O–H groups in total. The highest BCUT2D eigenvalue weighted by Gasteiger charge is 1.96. The molecule has 16 heavy (non-hydrogen) atoms. The molecule has 1 aromatic rings. The second kappa shape index (κ2) is 6.67. The molecule has 0 aliphatic carbocycles. The summed E-state index contributed by atoms with van der Waals surface area (Å²) in [6, 6.07) is 10.2. The lowest BCUT2D eigenvalue weighted by atomic mass is 10.1. The molecule has 86 valence electrons. The highest BCUT2D eigenvalue weighted by molar-refractivity contribution is 5.81. The third kappa shape index (κ3) is 4.64. The Hall–Kier alpha value is -1.77. The van der Waals surface area contributed by atoms with Gasteiger partial charge in [-0.3, -0.25) is 0 Å². The number of benzene rings is 1. The first-order chi connectivity index (χ1) is 7.72. The van der Waals surface area contributed by atoms with Crippen LogP contribution in [0.15, 0.2) is 42.6 Å². The average molecular weight is 219 g/mol. The van der Waals surface area contributed by atoms with E-state index in [9.17, 15) is 4.79 Å². The summed E-state index contributed by atoms with van der Waals surface area (Å²) in [5, 5.41) is 0. The largest absolute Gasteiger partial charge is 0.466 e. The normalized spacial score (nSPS) is 10.4. The van der Waals surface area contributed by atoms with Gasteiger partial charge in [-0.15, -0.1) is 0 Å². The molecule has 0 aliphatic rings. The molecule has 0 fully saturated rings. The Labute approximate surface area is 96.3 Å². The van der Waals surface area contributed by atoms with Gasteiger partial charge >= 0.3 is 5.97 Å². The quantitative estimate of drug-likeness (QED) is 0.559. The molecule has 0 saturated heterocycles. The van der Waals surface area contributed by atoms with Gasteiger partial charge < -0.3 is 9.64 Å². The Morgan fingerprint density at radius 1 is 1.38 bits per heavy atom. The predicted octanol–water partition coefficient (Wildman–Crippen LogP) is 1.85. The average Bonchev–Trinajstić information content (AvgIpc) is 2.34. The van der Waals surface area contributed by atoms with Gasteiger partial charge in [-0.05, 0) is 12.0 Å². The Balaban J connectivity index is 2.33. The lowest BCUT2D eigenvalue weighted by Crippen LogP contribution is -2.15. The number of hydrogen-bond donors (Lipinski definition) is 0. The molecule has 0 spiro atoms. The lowest BCUT2D eigenvalue weighted by molar-refractivity contribution is -0.134. The summed E-state index contributed by atoms with van der Waals surface area (Å²) in [7, 11) is 3.30. The van der Waals surface area contributed by atoms with Gasteiger partial charge in [0.25, 0.3) is 0 Å². The monoisotopic (exact) mass is 219 g/mol. The molecule has 0 bridgehead atoms. The second-order valence-corrected chi connectivity index (χ2v) is 3.56. The summed E-state index contributed by atoms with van der Waals surface area (Å²) in [5.41, 5.74) is 1.29. The molecular formula is C13H17NO2. The fourth-order valence-corrected chi connectivity index (χ4v) is 1.28. The summed E-state index contributed by atoms with van der Waals surface area (Å²) < 4.78 is 4.51. The van der Waals surface area contributed by atoms with Crippen LogP contribution in [0.25, 0.3) is 0 Å². The van der Waals surface area contributed by atoms with Crippen LogP contribution in [0.3, 0.4) is 0 Å². The first-order valence-corrected chi connectivity index (χ1v) is 5.22. The van der Waals surface area contributed by atoms with E-state index in [2.05, 4.69) is 16.9 Å². The zero-order valence-corrected chi connectivity index (χ0v) is 9.72. The van der Waals surface area contributed by atoms with Crippen LogP contribution in [0.1, 0.15) is 5.56 Å². The molecule has 1 aromatic carbocycles. The van der Waals surface area contributed by atoms with E-state index in [0.29, 0.717) is 0 Å². The Kier molecular flexibility index (Phi) is 5.12. The number of ether oxygens (including phenoxy) is 1. The smallest absolute Gasteiger partial charge is 0.331 e. The molecule has 0 radical (unpaired) electrons. The first kappa shape index (κ1) is 12.3. The van der Waals surface area contributed by atoms with Crippen LogP contribution in [0.5, 0.6) is 0 Å². The van der Waals surface area contributed by atoms with Crippen molar-refractivity contribution >= 4 is 5.97 Å². The van der Waals surface area contributed by atoms with Gasteiger partial charge in [0.15, 0.2) is 0 Å². The molecule has 0 atom stereocenters. The Morgan fingerprint density at radius 3 is 2.69 bits per heavy atom. The third-order valence-corrected chi connectivity index (χ3v) is 2.26. The van der Waals surface area contributed by atoms with Crippen molar-refractivity contribution in [3.63, 3.8) is 0 Å². The Bertz CT molecular complexity index is 346. The van der Waals surface area contributed by atoms with Crippen LogP contribution in [0.4, 0.5) is 0 Å². The molecule has 0 amide bonds. The molecular weight excluding hydrogens is 202 g/mol. The van der Waals surface area contributed by atoms with E-state index >= 15 is 0 Å². The highest BCUT2D eigenvalue weighted by atomic mass is 16.5. The summed E-state index contributed by atoms with van der Waals surface area (Å²) >= 11 is 0. The van der Waals surface area contributed by atoms with Crippen LogP contribution in [-0.4, -0.2) is 31.6 Å². The van der Waals surface area contributed by atoms with Crippen molar-refractivity contribution in [3.05, 3.63) is 48.2 Å². The summed E-state index contributed by atoms with van der Waals surface area (Å²) in [6.07, 6.45) is 4.11. The second-order valence-electron chi connectivity index (χ2n) is 3.56. The van der Waals surface area contributed by atoms with E-state index in [0.717, 1.165) is 13.0 Å². The van der Waals surface area contributed by atoms with Crippen LogP contribution < -0.4 is 0 Å². The lowest BCUT2D eigenvalue weighted by Gasteiger charge is -2.13. The molecule has 1 rings (SSSR count). The van der Waals surface area contributed by atoms with Gasteiger partial charge in [-0.2, -0.15) is 0 Å². The van der Waals surface area contributed by atoms with E-state index in [1.54, 1.807) is 6.20 Å². The maximum absolute atomic E-state index is 10.9. The molecule has 0 saturated carbocycles. The number of likely N-dealkylation sites (N-methyl/N-ethyl adjacent to an activating group) is 1. The van der Waals surface area contributed by atoms with E-state index in [-0.39, 0.29) is 5.97 Å². The van der Waals surface area contributed by atoms with Gasteiger partial charge in [-0.1, -0.05) is 30.3 Å². The zero-order valence-electron chi connectivity index (χ0n) is 9.72. The third-order valence-electron chi connectivity index (χ3n) is 2.26.